The lowest BCUT2D eigenvalue weighted by molar-refractivity contribution is -0.160. The molecule has 204 valence electrons. The molecule has 1 fully saturated rings. The maximum atomic E-state index is 13.2. The van der Waals surface area contributed by atoms with E-state index >= 15 is 0 Å². The maximum absolute atomic E-state index is 13.2. The SMILES string of the molecule is [B]C(O)(O)n1cc(NC(=O)C(CC2CCCC2)NC(=O)c2ccc(CN3CCOc4ncc(Br)cc43)s2)cn1. The highest BCUT2D eigenvalue weighted by atomic mass is 79.9. The van der Waals surface area contributed by atoms with Crippen LogP contribution in [0.5, 0.6) is 5.88 Å². The molecule has 1 aliphatic carbocycles. The molecule has 14 heteroatoms. The zero-order valence-electron chi connectivity index (χ0n) is 21.0. The molecule has 2 aliphatic rings. The van der Waals surface area contributed by atoms with Crippen LogP contribution >= 0.6 is 27.3 Å². The number of aromatic nitrogens is 3. The van der Waals surface area contributed by atoms with Crippen molar-refractivity contribution in [1.82, 2.24) is 20.1 Å². The average molecular weight is 615 g/mol. The number of amides is 2. The van der Waals surface area contributed by atoms with Crippen LogP contribution in [0.4, 0.5) is 11.4 Å². The molecule has 2 amide bonds. The van der Waals surface area contributed by atoms with Crippen LogP contribution in [0.15, 0.2) is 41.3 Å². The first-order valence-corrected chi connectivity index (χ1v) is 14.3. The Hall–Kier alpha value is -2.94. The van der Waals surface area contributed by atoms with Gasteiger partial charge in [-0.15, -0.1) is 11.3 Å². The Morgan fingerprint density at radius 3 is 2.82 bits per heavy atom. The minimum atomic E-state index is -2.69. The molecule has 3 aromatic rings. The van der Waals surface area contributed by atoms with Gasteiger partial charge in [-0.25, -0.2) is 9.67 Å². The van der Waals surface area contributed by atoms with Gasteiger partial charge in [0.15, 0.2) is 7.85 Å². The van der Waals surface area contributed by atoms with Crippen molar-refractivity contribution in [3.05, 3.63) is 51.0 Å². The molecular weight excluding hydrogens is 587 g/mol. The summed E-state index contributed by atoms with van der Waals surface area (Å²) in [5.41, 5.74) is 1.12. The molecular formula is C25H28BBrN6O5S. The Balaban J connectivity index is 1.26. The summed E-state index contributed by atoms with van der Waals surface area (Å²) in [6.07, 6.45) is 8.91. The molecule has 0 aromatic carbocycles. The van der Waals surface area contributed by atoms with Crippen molar-refractivity contribution < 1.29 is 24.5 Å². The fourth-order valence-electron chi connectivity index (χ4n) is 4.90. The number of aliphatic hydroxyl groups is 2. The largest absolute Gasteiger partial charge is 0.474 e. The molecule has 5 rings (SSSR count). The Labute approximate surface area is 239 Å². The van der Waals surface area contributed by atoms with Crippen LogP contribution in [-0.4, -0.2) is 63.8 Å². The van der Waals surface area contributed by atoms with E-state index in [1.54, 1.807) is 12.3 Å². The van der Waals surface area contributed by atoms with Gasteiger partial charge in [-0.2, -0.15) is 5.10 Å². The van der Waals surface area contributed by atoms with Crippen molar-refractivity contribution in [3.63, 3.8) is 0 Å². The van der Waals surface area contributed by atoms with E-state index in [4.69, 9.17) is 12.6 Å². The van der Waals surface area contributed by atoms with E-state index in [1.165, 1.54) is 23.7 Å². The normalized spacial score (nSPS) is 16.4. The zero-order valence-corrected chi connectivity index (χ0v) is 23.4. The van der Waals surface area contributed by atoms with Crippen LogP contribution in [0.25, 0.3) is 0 Å². The third-order valence-corrected chi connectivity index (χ3v) is 8.33. The van der Waals surface area contributed by atoms with Crippen molar-refractivity contribution in [3.8, 4) is 5.88 Å². The van der Waals surface area contributed by atoms with Gasteiger partial charge in [-0.05, 0) is 46.5 Å². The summed E-state index contributed by atoms with van der Waals surface area (Å²) in [6, 6.07) is 4.89. The van der Waals surface area contributed by atoms with E-state index in [0.717, 1.165) is 40.7 Å². The van der Waals surface area contributed by atoms with Crippen LogP contribution in [0.2, 0.25) is 0 Å². The van der Waals surface area contributed by atoms with Crippen molar-refractivity contribution in [2.24, 2.45) is 5.92 Å². The Kier molecular flexibility index (Phi) is 8.26. The quantitative estimate of drug-likeness (QED) is 0.213. The number of halogens is 1. The predicted octanol–water partition coefficient (Wildman–Crippen LogP) is 2.54. The molecule has 0 spiro atoms. The van der Waals surface area contributed by atoms with Gasteiger partial charge < -0.3 is 30.5 Å². The van der Waals surface area contributed by atoms with Crippen molar-refractivity contribution in [2.45, 2.75) is 50.5 Å². The summed E-state index contributed by atoms with van der Waals surface area (Å²) in [6.45, 7) is 1.82. The van der Waals surface area contributed by atoms with Gasteiger partial charge in [0, 0.05) is 15.5 Å². The van der Waals surface area contributed by atoms with Gasteiger partial charge in [0.25, 0.3) is 5.91 Å². The number of pyridine rings is 1. The molecule has 11 nitrogen and oxygen atoms in total. The fraction of sp³-hybridized carbons (Fsp3) is 0.440. The molecule has 1 unspecified atom stereocenters. The number of nitrogens with one attached hydrogen (secondary N) is 2. The molecule has 4 N–H and O–H groups in total. The predicted molar refractivity (Wildman–Crippen MR) is 150 cm³/mol. The van der Waals surface area contributed by atoms with Crippen LogP contribution < -0.4 is 20.3 Å². The lowest BCUT2D eigenvalue weighted by Crippen LogP contribution is -2.44. The molecule has 1 aliphatic heterocycles. The van der Waals surface area contributed by atoms with Crippen LogP contribution in [0.1, 0.15) is 46.7 Å². The number of carbonyl (C=O) groups is 2. The number of hydrogen-bond acceptors (Lipinski definition) is 9. The summed E-state index contributed by atoms with van der Waals surface area (Å²) in [7, 11) is 5.22. The van der Waals surface area contributed by atoms with Gasteiger partial charge in [-0.3, -0.25) is 9.59 Å². The molecule has 3 aromatic heterocycles. The number of carbonyl (C=O) groups excluding carboxylic acids is 2. The number of anilines is 2. The van der Waals surface area contributed by atoms with E-state index in [0.29, 0.717) is 47.5 Å². The number of ether oxygens (including phenoxy) is 1. The smallest absolute Gasteiger partial charge is 0.262 e. The lowest BCUT2D eigenvalue weighted by Gasteiger charge is -2.30. The second-order valence-electron chi connectivity index (χ2n) is 9.78. The maximum Gasteiger partial charge on any atom is 0.262 e. The highest BCUT2D eigenvalue weighted by Crippen LogP contribution is 2.34. The zero-order chi connectivity index (χ0) is 27.6. The standard InChI is InChI=1S/C25H28BBrN6O5S/c26-25(36,37)33-13-17(12-29-33)30-22(34)19(9-15-3-1-2-4-15)31-23(35)21-6-5-18(39-21)14-32-7-8-38-24-20(32)10-16(27)11-28-24/h5-6,10-13,15,19,36-37H,1-4,7-9,14H2,(H,30,34)(H,31,35). The molecule has 0 bridgehead atoms. The monoisotopic (exact) mass is 614 g/mol. The highest BCUT2D eigenvalue weighted by molar-refractivity contribution is 9.10. The van der Waals surface area contributed by atoms with Crippen LogP contribution in [-0.2, 0) is 17.1 Å². The van der Waals surface area contributed by atoms with Gasteiger partial charge in [0.2, 0.25) is 17.6 Å². The van der Waals surface area contributed by atoms with E-state index in [-0.39, 0.29) is 11.6 Å². The number of fused-ring (bicyclic) bond motifs is 1. The van der Waals surface area contributed by atoms with Gasteiger partial charge in [0.1, 0.15) is 18.3 Å². The van der Waals surface area contributed by atoms with Gasteiger partial charge in [0.05, 0.1) is 36.0 Å². The molecule has 1 atom stereocenters. The molecule has 4 heterocycles. The van der Waals surface area contributed by atoms with Crippen LogP contribution in [0.3, 0.4) is 0 Å². The fourth-order valence-corrected chi connectivity index (χ4v) is 6.15. The highest BCUT2D eigenvalue weighted by Gasteiger charge is 2.29. The molecule has 2 radical (unpaired) electrons. The van der Waals surface area contributed by atoms with Crippen molar-refractivity contribution in [1.29, 1.82) is 0 Å². The van der Waals surface area contributed by atoms with E-state index < -0.39 is 17.8 Å². The number of hydrogen-bond donors (Lipinski definition) is 4. The van der Waals surface area contributed by atoms with Crippen molar-refractivity contribution >= 4 is 58.3 Å². The summed E-state index contributed by atoms with van der Waals surface area (Å²) < 4.78 is 7.23. The summed E-state index contributed by atoms with van der Waals surface area (Å²) in [4.78, 5) is 34.4. The van der Waals surface area contributed by atoms with Crippen LogP contribution in [0, 0.1) is 5.92 Å². The van der Waals surface area contributed by atoms with Crippen molar-refractivity contribution in [2.75, 3.05) is 23.4 Å². The molecule has 1 saturated carbocycles. The Bertz CT molecular complexity index is 1340. The molecule has 39 heavy (non-hydrogen) atoms. The summed E-state index contributed by atoms with van der Waals surface area (Å²) >= 11 is 4.84. The summed E-state index contributed by atoms with van der Waals surface area (Å²) in [5.74, 6) is -2.50. The first-order chi connectivity index (χ1) is 18.7. The van der Waals surface area contributed by atoms with Gasteiger partial charge in [-0.1, -0.05) is 25.7 Å². The number of rotatable bonds is 9. The van der Waals surface area contributed by atoms with E-state index in [1.807, 2.05) is 12.1 Å². The van der Waals surface area contributed by atoms with Gasteiger partial charge >= 0.3 is 0 Å². The summed E-state index contributed by atoms with van der Waals surface area (Å²) in [5, 5.41) is 28.4. The third kappa shape index (κ3) is 6.80. The third-order valence-electron chi connectivity index (χ3n) is 6.82. The minimum absolute atomic E-state index is 0.230. The number of thiophene rings is 1. The average Bonchev–Trinajstić information content (AvgIpc) is 3.66. The Morgan fingerprint density at radius 2 is 2.08 bits per heavy atom. The van der Waals surface area contributed by atoms with E-state index in [2.05, 4.69) is 41.5 Å². The number of nitrogens with zero attached hydrogens (tertiary/aromatic N) is 4. The first kappa shape index (κ1) is 27.6. The second kappa shape index (κ2) is 11.7. The Morgan fingerprint density at radius 1 is 1.28 bits per heavy atom. The second-order valence-corrected chi connectivity index (χ2v) is 11.9. The van der Waals surface area contributed by atoms with E-state index in [9.17, 15) is 19.8 Å². The first-order valence-electron chi connectivity index (χ1n) is 12.7. The topological polar surface area (TPSA) is 142 Å². The minimum Gasteiger partial charge on any atom is -0.474 e. The lowest BCUT2D eigenvalue weighted by atomic mass is 9.97. The molecule has 0 saturated heterocycles.